The lowest BCUT2D eigenvalue weighted by Gasteiger charge is -2.31. The molecule has 0 aromatic heterocycles. The number of carbonyl (C=O) groups is 2. The Hall–Kier alpha value is -1.26. The highest BCUT2D eigenvalue weighted by molar-refractivity contribution is 5.82. The maximum absolute atomic E-state index is 12.4. The van der Waals surface area contributed by atoms with Crippen LogP contribution in [-0.2, 0) is 4.79 Å². The van der Waals surface area contributed by atoms with Gasteiger partial charge in [-0.1, -0.05) is 33.6 Å². The van der Waals surface area contributed by atoms with Gasteiger partial charge in [-0.2, -0.15) is 0 Å². The van der Waals surface area contributed by atoms with Gasteiger partial charge in [-0.05, 0) is 31.6 Å². The first kappa shape index (κ1) is 16.8. The summed E-state index contributed by atoms with van der Waals surface area (Å²) in [5.41, 5.74) is 0. The normalized spacial score (nSPS) is 17.2. The van der Waals surface area contributed by atoms with Crippen molar-refractivity contribution < 1.29 is 14.7 Å². The van der Waals surface area contributed by atoms with Crippen LogP contribution in [0.15, 0.2) is 0 Å². The molecule has 1 fully saturated rings. The molecule has 0 aromatic rings. The standard InChI is InChI=1S/C15H28N2O3/c1-4-13(14(18)19)16-15(20)17(10-9-11(2)3)12-7-5-6-8-12/h11-13H,4-10H2,1-3H3,(H,16,20)(H,18,19)/t13-/m0/s1. The molecule has 1 saturated carbocycles. The van der Waals surface area contributed by atoms with Crippen molar-refractivity contribution in [3.63, 3.8) is 0 Å². The van der Waals surface area contributed by atoms with E-state index in [0.717, 1.165) is 32.1 Å². The van der Waals surface area contributed by atoms with E-state index in [2.05, 4.69) is 19.2 Å². The maximum Gasteiger partial charge on any atom is 0.326 e. The van der Waals surface area contributed by atoms with E-state index >= 15 is 0 Å². The Morgan fingerprint density at radius 2 is 1.90 bits per heavy atom. The molecule has 5 heteroatoms. The molecule has 0 heterocycles. The van der Waals surface area contributed by atoms with Crippen LogP contribution in [0.3, 0.4) is 0 Å². The van der Waals surface area contributed by atoms with Gasteiger partial charge in [0.25, 0.3) is 0 Å². The lowest BCUT2D eigenvalue weighted by atomic mass is 10.1. The first-order valence-corrected chi connectivity index (χ1v) is 7.75. The smallest absolute Gasteiger partial charge is 0.326 e. The highest BCUT2D eigenvalue weighted by atomic mass is 16.4. The zero-order valence-electron chi connectivity index (χ0n) is 12.9. The summed E-state index contributed by atoms with van der Waals surface area (Å²) < 4.78 is 0. The molecule has 1 rings (SSSR count). The SMILES string of the molecule is CC[C@H](NC(=O)N(CCC(C)C)C1CCCC1)C(=O)O. The Morgan fingerprint density at radius 3 is 2.35 bits per heavy atom. The van der Waals surface area contributed by atoms with Crippen LogP contribution in [0, 0.1) is 5.92 Å². The average Bonchev–Trinajstić information content (AvgIpc) is 2.89. The van der Waals surface area contributed by atoms with Gasteiger partial charge in [-0.3, -0.25) is 0 Å². The number of rotatable bonds is 7. The van der Waals surface area contributed by atoms with Crippen molar-refractivity contribution in [2.24, 2.45) is 5.92 Å². The molecule has 0 aliphatic heterocycles. The molecular weight excluding hydrogens is 256 g/mol. The molecule has 20 heavy (non-hydrogen) atoms. The van der Waals surface area contributed by atoms with Crippen LogP contribution < -0.4 is 5.32 Å². The van der Waals surface area contributed by atoms with Gasteiger partial charge in [-0.25, -0.2) is 9.59 Å². The molecule has 0 unspecified atom stereocenters. The van der Waals surface area contributed by atoms with Gasteiger partial charge in [0.1, 0.15) is 6.04 Å². The molecule has 0 radical (unpaired) electrons. The van der Waals surface area contributed by atoms with Crippen LogP contribution in [-0.4, -0.2) is 40.6 Å². The second kappa shape index (κ2) is 8.12. The number of amides is 2. The van der Waals surface area contributed by atoms with Gasteiger partial charge >= 0.3 is 12.0 Å². The number of carboxylic acid groups (broad SMARTS) is 1. The second-order valence-corrected chi connectivity index (χ2v) is 6.06. The minimum atomic E-state index is -0.962. The predicted octanol–water partition coefficient (Wildman–Crippen LogP) is 2.85. The number of urea groups is 1. The number of hydrogen-bond donors (Lipinski definition) is 2. The Labute approximate surface area is 121 Å². The van der Waals surface area contributed by atoms with E-state index in [-0.39, 0.29) is 12.1 Å². The third-order valence-corrected chi connectivity index (χ3v) is 3.98. The van der Waals surface area contributed by atoms with E-state index in [4.69, 9.17) is 5.11 Å². The minimum Gasteiger partial charge on any atom is -0.480 e. The largest absolute Gasteiger partial charge is 0.480 e. The predicted molar refractivity (Wildman–Crippen MR) is 78.7 cm³/mol. The fourth-order valence-electron chi connectivity index (χ4n) is 2.63. The quantitative estimate of drug-likeness (QED) is 0.755. The summed E-state index contributed by atoms with van der Waals surface area (Å²) in [6.07, 6.45) is 5.75. The second-order valence-electron chi connectivity index (χ2n) is 6.06. The molecule has 0 saturated heterocycles. The Morgan fingerprint density at radius 1 is 1.30 bits per heavy atom. The van der Waals surface area contributed by atoms with E-state index < -0.39 is 12.0 Å². The van der Waals surface area contributed by atoms with Crippen molar-refractivity contribution in [3.8, 4) is 0 Å². The fraction of sp³-hybridized carbons (Fsp3) is 0.867. The van der Waals surface area contributed by atoms with Crippen LogP contribution in [0.1, 0.15) is 59.3 Å². The van der Waals surface area contributed by atoms with Crippen LogP contribution in [0.25, 0.3) is 0 Å². The summed E-state index contributed by atoms with van der Waals surface area (Å²) in [5.74, 6) is -0.427. The summed E-state index contributed by atoms with van der Waals surface area (Å²) in [6, 6.07) is -0.725. The number of carboxylic acids is 1. The van der Waals surface area contributed by atoms with E-state index in [1.807, 2.05) is 4.90 Å². The molecular formula is C15H28N2O3. The zero-order valence-corrected chi connectivity index (χ0v) is 12.9. The van der Waals surface area contributed by atoms with Crippen molar-refractivity contribution in [2.45, 2.75) is 71.4 Å². The van der Waals surface area contributed by atoms with Crippen molar-refractivity contribution in [2.75, 3.05) is 6.54 Å². The fourth-order valence-corrected chi connectivity index (χ4v) is 2.63. The molecule has 1 atom stereocenters. The van der Waals surface area contributed by atoms with E-state index in [1.54, 1.807) is 6.92 Å². The lowest BCUT2D eigenvalue weighted by Crippen LogP contribution is -2.51. The monoisotopic (exact) mass is 284 g/mol. The van der Waals surface area contributed by atoms with Gasteiger partial charge < -0.3 is 15.3 Å². The zero-order chi connectivity index (χ0) is 15.1. The van der Waals surface area contributed by atoms with Crippen molar-refractivity contribution in [1.82, 2.24) is 10.2 Å². The Kier molecular flexibility index (Phi) is 6.82. The lowest BCUT2D eigenvalue weighted by molar-refractivity contribution is -0.139. The van der Waals surface area contributed by atoms with Gasteiger partial charge in [-0.15, -0.1) is 0 Å². The van der Waals surface area contributed by atoms with E-state index in [1.165, 1.54) is 0 Å². The third-order valence-electron chi connectivity index (χ3n) is 3.98. The van der Waals surface area contributed by atoms with Gasteiger partial charge in [0.2, 0.25) is 0 Å². The van der Waals surface area contributed by atoms with E-state index in [9.17, 15) is 9.59 Å². The average molecular weight is 284 g/mol. The summed E-state index contributed by atoms with van der Waals surface area (Å²) >= 11 is 0. The number of nitrogens with zero attached hydrogens (tertiary/aromatic N) is 1. The molecule has 0 bridgehead atoms. The summed E-state index contributed by atoms with van der Waals surface area (Å²) in [6.45, 7) is 6.75. The third kappa shape index (κ3) is 5.02. The summed E-state index contributed by atoms with van der Waals surface area (Å²) in [4.78, 5) is 25.3. The van der Waals surface area contributed by atoms with Crippen molar-refractivity contribution in [1.29, 1.82) is 0 Å². The van der Waals surface area contributed by atoms with Crippen LogP contribution >= 0.6 is 0 Å². The molecule has 5 nitrogen and oxygen atoms in total. The molecule has 0 aromatic carbocycles. The maximum atomic E-state index is 12.4. The van der Waals surface area contributed by atoms with Crippen LogP contribution in [0.4, 0.5) is 4.79 Å². The first-order chi connectivity index (χ1) is 9.45. The molecule has 1 aliphatic rings. The Bertz CT molecular complexity index is 325. The van der Waals surface area contributed by atoms with Crippen LogP contribution in [0.2, 0.25) is 0 Å². The molecule has 2 N–H and O–H groups in total. The minimum absolute atomic E-state index is 0.216. The van der Waals surface area contributed by atoms with E-state index in [0.29, 0.717) is 18.9 Å². The topological polar surface area (TPSA) is 69.6 Å². The van der Waals surface area contributed by atoms with Crippen molar-refractivity contribution in [3.05, 3.63) is 0 Å². The molecule has 2 amide bonds. The number of nitrogens with one attached hydrogen (secondary N) is 1. The molecule has 0 spiro atoms. The van der Waals surface area contributed by atoms with Gasteiger partial charge in [0, 0.05) is 12.6 Å². The molecule has 116 valence electrons. The first-order valence-electron chi connectivity index (χ1n) is 7.75. The number of aliphatic carboxylic acids is 1. The number of carbonyl (C=O) groups excluding carboxylic acids is 1. The summed E-state index contributed by atoms with van der Waals surface area (Å²) in [5, 5.41) is 11.7. The highest BCUT2D eigenvalue weighted by Gasteiger charge is 2.28. The van der Waals surface area contributed by atoms with Crippen LogP contribution in [0.5, 0.6) is 0 Å². The van der Waals surface area contributed by atoms with Gasteiger partial charge in [0.15, 0.2) is 0 Å². The molecule has 1 aliphatic carbocycles. The Balaban J connectivity index is 2.65. The highest BCUT2D eigenvalue weighted by Crippen LogP contribution is 2.24. The van der Waals surface area contributed by atoms with Gasteiger partial charge in [0.05, 0.1) is 0 Å². The summed E-state index contributed by atoms with van der Waals surface area (Å²) in [7, 11) is 0. The number of hydrogen-bond acceptors (Lipinski definition) is 2. The van der Waals surface area contributed by atoms with Crippen molar-refractivity contribution >= 4 is 12.0 Å².